The molecule has 0 bridgehead atoms. The molecule has 1 fully saturated rings. The molecule has 1 saturated heterocycles. The van der Waals surface area contributed by atoms with E-state index >= 15 is 0 Å². The summed E-state index contributed by atoms with van der Waals surface area (Å²) in [7, 11) is 1.50. The first-order valence-corrected chi connectivity index (χ1v) is 9.91. The zero-order chi connectivity index (χ0) is 22.8. The van der Waals surface area contributed by atoms with E-state index in [-0.39, 0.29) is 29.0 Å². The van der Waals surface area contributed by atoms with Gasteiger partial charge in [0.05, 0.1) is 24.1 Å². The molecule has 31 heavy (non-hydrogen) atoms. The molecular weight excluding hydrogens is 435 g/mol. The van der Waals surface area contributed by atoms with Gasteiger partial charge >= 0.3 is 6.18 Å². The third-order valence-electron chi connectivity index (χ3n) is 5.11. The van der Waals surface area contributed by atoms with E-state index in [1.165, 1.54) is 14.0 Å². The Kier molecular flexibility index (Phi) is 6.74. The summed E-state index contributed by atoms with van der Waals surface area (Å²) in [4.78, 5) is 31.7. The SMILES string of the molecule is COc1ccc(C(C)=O)cc1CC(=O)N1CCN(c2ncc(C(F)(F)F)cc2Cl)CC1. The van der Waals surface area contributed by atoms with Crippen LogP contribution in [0.5, 0.6) is 5.75 Å². The molecule has 6 nitrogen and oxygen atoms in total. The number of aromatic nitrogens is 1. The van der Waals surface area contributed by atoms with E-state index in [9.17, 15) is 22.8 Å². The van der Waals surface area contributed by atoms with Crippen molar-refractivity contribution in [3.05, 3.63) is 52.2 Å². The largest absolute Gasteiger partial charge is 0.496 e. The van der Waals surface area contributed by atoms with Crippen molar-refractivity contribution in [3.63, 3.8) is 0 Å². The van der Waals surface area contributed by atoms with Crippen molar-refractivity contribution in [2.45, 2.75) is 19.5 Å². The van der Waals surface area contributed by atoms with Gasteiger partial charge in [0.2, 0.25) is 5.91 Å². The summed E-state index contributed by atoms with van der Waals surface area (Å²) in [5.41, 5.74) is 0.211. The van der Waals surface area contributed by atoms with Crippen molar-refractivity contribution < 1.29 is 27.5 Å². The summed E-state index contributed by atoms with van der Waals surface area (Å²) >= 11 is 6.02. The Labute approximate surface area is 182 Å². The Morgan fingerprint density at radius 1 is 1.16 bits per heavy atom. The molecule has 0 aliphatic carbocycles. The maximum absolute atomic E-state index is 12.8. The first-order valence-electron chi connectivity index (χ1n) is 9.53. The highest BCUT2D eigenvalue weighted by Crippen LogP contribution is 2.33. The fourth-order valence-corrected chi connectivity index (χ4v) is 3.68. The number of carbonyl (C=O) groups is 2. The number of nitrogens with zero attached hydrogens (tertiary/aromatic N) is 3. The van der Waals surface area contributed by atoms with Gasteiger partial charge in [0.25, 0.3) is 0 Å². The summed E-state index contributed by atoms with van der Waals surface area (Å²) < 4.78 is 43.7. The van der Waals surface area contributed by atoms with Crippen LogP contribution in [0.15, 0.2) is 30.5 Å². The Morgan fingerprint density at radius 3 is 2.39 bits per heavy atom. The lowest BCUT2D eigenvalue weighted by atomic mass is 10.0. The molecule has 1 amide bonds. The number of Topliss-reactive ketones (excluding diaryl/α,β-unsaturated/α-hetero) is 1. The molecule has 1 aromatic carbocycles. The Bertz CT molecular complexity index is 990. The van der Waals surface area contributed by atoms with E-state index in [0.717, 1.165) is 12.3 Å². The molecule has 166 valence electrons. The molecule has 0 saturated carbocycles. The number of ether oxygens (including phenoxy) is 1. The lowest BCUT2D eigenvalue weighted by Crippen LogP contribution is -2.49. The molecule has 1 aliphatic heterocycles. The van der Waals surface area contributed by atoms with Gasteiger partial charge in [-0.2, -0.15) is 13.2 Å². The molecule has 0 atom stereocenters. The number of halogens is 4. The topological polar surface area (TPSA) is 62.7 Å². The Balaban J connectivity index is 1.66. The van der Waals surface area contributed by atoms with E-state index < -0.39 is 11.7 Å². The van der Waals surface area contributed by atoms with Crippen LogP contribution in [0, 0.1) is 0 Å². The smallest absolute Gasteiger partial charge is 0.417 e. The molecular formula is C21H21ClF3N3O3. The van der Waals surface area contributed by atoms with E-state index in [1.54, 1.807) is 28.0 Å². The molecule has 1 aliphatic rings. The Hall–Kier alpha value is -2.81. The molecule has 0 radical (unpaired) electrons. The molecule has 1 aromatic heterocycles. The molecule has 10 heteroatoms. The first kappa shape index (κ1) is 22.9. The number of piperazine rings is 1. The predicted octanol–water partition coefficient (Wildman–Crippen LogP) is 3.86. The maximum atomic E-state index is 12.8. The molecule has 0 N–H and O–H groups in total. The van der Waals surface area contributed by atoms with Crippen LogP contribution in [0.25, 0.3) is 0 Å². The number of benzene rings is 1. The van der Waals surface area contributed by atoms with Crippen LogP contribution in [0.1, 0.15) is 28.4 Å². The van der Waals surface area contributed by atoms with Gasteiger partial charge in [0.15, 0.2) is 5.78 Å². The van der Waals surface area contributed by atoms with E-state index in [1.807, 2.05) is 0 Å². The molecule has 2 heterocycles. The normalized spacial score (nSPS) is 14.5. The monoisotopic (exact) mass is 455 g/mol. The van der Waals surface area contributed by atoms with Crippen molar-refractivity contribution in [2.24, 2.45) is 0 Å². The third-order valence-corrected chi connectivity index (χ3v) is 5.39. The average Bonchev–Trinajstić information content (AvgIpc) is 2.73. The van der Waals surface area contributed by atoms with Gasteiger partial charge in [-0.15, -0.1) is 0 Å². The highest BCUT2D eigenvalue weighted by Gasteiger charge is 2.32. The van der Waals surface area contributed by atoms with Crippen molar-refractivity contribution in [2.75, 3.05) is 38.2 Å². The summed E-state index contributed by atoms with van der Waals surface area (Å²) in [6.07, 6.45) is -3.68. The van der Waals surface area contributed by atoms with Crippen molar-refractivity contribution in [1.82, 2.24) is 9.88 Å². The van der Waals surface area contributed by atoms with Crippen molar-refractivity contribution in [1.29, 1.82) is 0 Å². The van der Waals surface area contributed by atoms with Crippen LogP contribution < -0.4 is 9.64 Å². The summed E-state index contributed by atoms with van der Waals surface area (Å²) in [5.74, 6) is 0.548. The second kappa shape index (κ2) is 9.13. The zero-order valence-electron chi connectivity index (χ0n) is 17.0. The molecule has 3 rings (SSSR count). The first-order chi connectivity index (χ1) is 14.6. The van der Waals surface area contributed by atoms with Gasteiger partial charge in [-0.05, 0) is 31.2 Å². The van der Waals surface area contributed by atoms with Gasteiger partial charge in [0, 0.05) is 43.5 Å². The molecule has 0 unspecified atom stereocenters. The lowest BCUT2D eigenvalue weighted by molar-refractivity contribution is -0.137. The van der Waals surface area contributed by atoms with E-state index in [2.05, 4.69) is 4.98 Å². The minimum atomic E-state index is -4.51. The zero-order valence-corrected chi connectivity index (χ0v) is 17.8. The minimum Gasteiger partial charge on any atom is -0.496 e. The lowest BCUT2D eigenvalue weighted by Gasteiger charge is -2.36. The molecule has 0 spiro atoms. The third kappa shape index (κ3) is 5.28. The van der Waals surface area contributed by atoms with E-state index in [0.29, 0.717) is 43.1 Å². The van der Waals surface area contributed by atoms with Crippen LogP contribution in [-0.2, 0) is 17.4 Å². The fourth-order valence-electron chi connectivity index (χ4n) is 3.40. The number of hydrogen-bond acceptors (Lipinski definition) is 5. The number of carbonyl (C=O) groups excluding carboxylic acids is 2. The summed E-state index contributed by atoms with van der Waals surface area (Å²) in [6.45, 7) is 2.95. The average molecular weight is 456 g/mol. The number of amides is 1. The standard InChI is InChI=1S/C21H21ClF3N3O3/c1-13(29)14-3-4-18(31-2)15(9-14)10-19(30)27-5-7-28(8-6-27)20-17(22)11-16(12-26-20)21(23,24)25/h3-4,9,11-12H,5-8,10H2,1-2H3. The highest BCUT2D eigenvalue weighted by atomic mass is 35.5. The highest BCUT2D eigenvalue weighted by molar-refractivity contribution is 6.33. The number of anilines is 1. The fraction of sp³-hybridized carbons (Fsp3) is 0.381. The second-order valence-electron chi connectivity index (χ2n) is 7.15. The number of ketones is 1. The quantitative estimate of drug-likeness (QED) is 0.641. The van der Waals surface area contributed by atoms with Gasteiger partial charge < -0.3 is 14.5 Å². The molecule has 2 aromatic rings. The second-order valence-corrected chi connectivity index (χ2v) is 7.56. The predicted molar refractivity (Wildman–Crippen MR) is 110 cm³/mol. The number of hydrogen-bond donors (Lipinski definition) is 0. The summed E-state index contributed by atoms with van der Waals surface area (Å²) in [6, 6.07) is 5.82. The van der Waals surface area contributed by atoms with Crippen LogP contribution >= 0.6 is 11.6 Å². The van der Waals surface area contributed by atoms with Gasteiger partial charge in [-0.25, -0.2) is 4.98 Å². The van der Waals surface area contributed by atoms with Crippen LogP contribution in [0.4, 0.5) is 19.0 Å². The van der Waals surface area contributed by atoms with Crippen molar-refractivity contribution in [3.8, 4) is 5.75 Å². The van der Waals surface area contributed by atoms with Crippen molar-refractivity contribution >= 4 is 29.1 Å². The van der Waals surface area contributed by atoms with Crippen LogP contribution in [0.3, 0.4) is 0 Å². The number of alkyl halides is 3. The van der Waals surface area contributed by atoms with Gasteiger partial charge in [-0.3, -0.25) is 9.59 Å². The maximum Gasteiger partial charge on any atom is 0.417 e. The number of pyridine rings is 1. The van der Waals surface area contributed by atoms with Gasteiger partial charge in [-0.1, -0.05) is 11.6 Å². The Morgan fingerprint density at radius 2 is 1.84 bits per heavy atom. The number of methoxy groups -OCH3 is 1. The van der Waals surface area contributed by atoms with Gasteiger partial charge in [0.1, 0.15) is 11.6 Å². The minimum absolute atomic E-state index is 0.0730. The summed E-state index contributed by atoms with van der Waals surface area (Å²) in [5, 5.41) is -0.0830. The number of rotatable bonds is 5. The van der Waals surface area contributed by atoms with Crippen LogP contribution in [-0.4, -0.2) is 54.9 Å². The van der Waals surface area contributed by atoms with E-state index in [4.69, 9.17) is 16.3 Å². The van der Waals surface area contributed by atoms with Crippen LogP contribution in [0.2, 0.25) is 5.02 Å².